The van der Waals surface area contributed by atoms with Crippen LogP contribution in [0.2, 0.25) is 5.02 Å². The van der Waals surface area contributed by atoms with Crippen molar-refractivity contribution in [2.45, 2.75) is 37.1 Å². The number of phenols is 1. The van der Waals surface area contributed by atoms with Crippen molar-refractivity contribution in [3.63, 3.8) is 0 Å². The van der Waals surface area contributed by atoms with Crippen molar-refractivity contribution >= 4 is 17.5 Å². The molecule has 3 heterocycles. The third-order valence-electron chi connectivity index (χ3n) is 6.75. The predicted octanol–water partition coefficient (Wildman–Crippen LogP) is 2.00. The highest BCUT2D eigenvalue weighted by atomic mass is 35.5. The van der Waals surface area contributed by atoms with Gasteiger partial charge in [-0.2, -0.15) is 0 Å². The van der Waals surface area contributed by atoms with E-state index in [9.17, 15) is 20.1 Å². The van der Waals surface area contributed by atoms with Gasteiger partial charge in [0.2, 0.25) is 0 Å². The van der Waals surface area contributed by atoms with Gasteiger partial charge in [0, 0.05) is 50.0 Å². The minimum absolute atomic E-state index is 0.0424. The van der Waals surface area contributed by atoms with Gasteiger partial charge < -0.3 is 29.7 Å². The first-order valence-electron chi connectivity index (χ1n) is 11.8. The minimum Gasteiger partial charge on any atom is -0.508 e. The zero-order valence-electron chi connectivity index (χ0n) is 19.2. The fourth-order valence-electron chi connectivity index (χ4n) is 4.92. The smallest absolute Gasteiger partial charge is 0.281 e. The molecule has 3 N–H and O–H groups in total. The van der Waals surface area contributed by atoms with Crippen LogP contribution in [-0.4, -0.2) is 88.4 Å². The summed E-state index contributed by atoms with van der Waals surface area (Å²) in [5, 5.41) is 31.9. The summed E-state index contributed by atoms with van der Waals surface area (Å²) < 4.78 is 12.0. The van der Waals surface area contributed by atoms with E-state index in [-0.39, 0.29) is 42.4 Å². The lowest BCUT2D eigenvalue weighted by molar-refractivity contribution is -0.0781. The zero-order valence-corrected chi connectivity index (χ0v) is 20.0. The standard InChI is InChI=1S/C25H29ClN2O7/c26-17-1-4-22-16(9-17)11-25(35-22)5-7-27(8-6-25)12-19(30)14-33-23-10-18(29)2-3-21(23)24(32)28-13-20(31)15-34-28/h1-4,9-10,19-20,29-31H,5-8,11-15H2/t19-,20-/m1/s1. The molecule has 2 fully saturated rings. The monoisotopic (exact) mass is 504 g/mol. The largest absolute Gasteiger partial charge is 0.508 e. The van der Waals surface area contributed by atoms with Crippen LogP contribution in [0.3, 0.4) is 0 Å². The molecule has 3 aliphatic rings. The Balaban J connectivity index is 1.13. The Morgan fingerprint density at radius 3 is 2.77 bits per heavy atom. The first-order valence-corrected chi connectivity index (χ1v) is 12.1. The number of hydrogen-bond acceptors (Lipinski definition) is 8. The number of aliphatic hydroxyl groups is 2. The van der Waals surface area contributed by atoms with Gasteiger partial charge in [-0.3, -0.25) is 9.63 Å². The van der Waals surface area contributed by atoms with Crippen molar-refractivity contribution in [2.75, 3.05) is 39.4 Å². The highest BCUT2D eigenvalue weighted by molar-refractivity contribution is 6.30. The van der Waals surface area contributed by atoms with Crippen molar-refractivity contribution < 1.29 is 34.4 Å². The maximum Gasteiger partial charge on any atom is 0.281 e. The fraction of sp³-hybridized carbons (Fsp3) is 0.480. The molecule has 0 radical (unpaired) electrons. The second-order valence-electron chi connectivity index (χ2n) is 9.48. The summed E-state index contributed by atoms with van der Waals surface area (Å²) in [6.45, 7) is 2.03. The van der Waals surface area contributed by atoms with Gasteiger partial charge in [-0.25, -0.2) is 5.06 Å². The molecule has 9 nitrogen and oxygen atoms in total. The van der Waals surface area contributed by atoms with Gasteiger partial charge in [-0.05, 0) is 35.9 Å². The lowest BCUT2D eigenvalue weighted by atomic mass is 9.87. The normalized spacial score (nSPS) is 22.1. The molecule has 0 unspecified atom stereocenters. The molecule has 3 aliphatic heterocycles. The van der Waals surface area contributed by atoms with E-state index < -0.39 is 18.1 Å². The molecule has 35 heavy (non-hydrogen) atoms. The Labute approximate surface area is 208 Å². The van der Waals surface area contributed by atoms with Crippen molar-refractivity contribution in [2.24, 2.45) is 0 Å². The molecule has 0 bridgehead atoms. The number of piperidine rings is 1. The second-order valence-corrected chi connectivity index (χ2v) is 9.91. The van der Waals surface area contributed by atoms with Gasteiger partial charge in [-0.1, -0.05) is 11.6 Å². The van der Waals surface area contributed by atoms with Crippen molar-refractivity contribution in [3.05, 3.63) is 52.5 Å². The molecule has 0 aliphatic carbocycles. The maximum atomic E-state index is 12.7. The number of hydrogen-bond donors (Lipinski definition) is 3. The molecule has 1 amide bonds. The van der Waals surface area contributed by atoms with Crippen LogP contribution >= 0.6 is 11.6 Å². The van der Waals surface area contributed by atoms with E-state index in [0.717, 1.165) is 48.7 Å². The Morgan fingerprint density at radius 2 is 2.03 bits per heavy atom. The summed E-state index contributed by atoms with van der Waals surface area (Å²) in [6, 6.07) is 9.89. The van der Waals surface area contributed by atoms with Gasteiger partial charge in [0.1, 0.15) is 48.3 Å². The van der Waals surface area contributed by atoms with Crippen LogP contribution in [-0.2, 0) is 11.3 Å². The lowest BCUT2D eigenvalue weighted by Gasteiger charge is -2.39. The highest BCUT2D eigenvalue weighted by Gasteiger charge is 2.42. The molecule has 188 valence electrons. The van der Waals surface area contributed by atoms with Crippen LogP contribution in [0.5, 0.6) is 17.2 Å². The van der Waals surface area contributed by atoms with E-state index >= 15 is 0 Å². The van der Waals surface area contributed by atoms with Gasteiger partial charge in [0.25, 0.3) is 5.91 Å². The minimum atomic E-state index is -0.792. The number of aromatic hydroxyl groups is 1. The first-order chi connectivity index (χ1) is 16.8. The summed E-state index contributed by atoms with van der Waals surface area (Å²) in [5.41, 5.74) is 1.11. The van der Waals surface area contributed by atoms with Crippen LogP contribution in [0.25, 0.3) is 0 Å². The van der Waals surface area contributed by atoms with Gasteiger partial charge in [0.15, 0.2) is 0 Å². The molecule has 5 rings (SSSR count). The SMILES string of the molecule is O=C(c1ccc(O)cc1OC[C@H](O)CN1CCC2(CC1)Cc1cc(Cl)ccc1O2)N1C[C@@H](O)CO1. The molecule has 2 aromatic rings. The van der Waals surface area contributed by atoms with Crippen LogP contribution in [0.15, 0.2) is 36.4 Å². The van der Waals surface area contributed by atoms with Crippen molar-refractivity contribution in [1.29, 1.82) is 0 Å². The quantitative estimate of drug-likeness (QED) is 0.548. The number of nitrogens with zero attached hydrogens (tertiary/aromatic N) is 2. The van der Waals surface area contributed by atoms with E-state index in [1.807, 2.05) is 18.2 Å². The number of ether oxygens (including phenoxy) is 2. The highest BCUT2D eigenvalue weighted by Crippen LogP contribution is 2.42. The number of amides is 1. The summed E-state index contributed by atoms with van der Waals surface area (Å²) in [5.74, 6) is 0.508. The van der Waals surface area contributed by atoms with E-state index in [1.54, 1.807) is 0 Å². The molecule has 0 saturated carbocycles. The number of halogens is 1. The molecule has 1 spiro atoms. The Kier molecular flexibility index (Phi) is 6.78. The second kappa shape index (κ2) is 9.83. The summed E-state index contributed by atoms with van der Waals surface area (Å²) in [6.07, 6.45) is 1.00. The summed E-state index contributed by atoms with van der Waals surface area (Å²) >= 11 is 6.12. The molecular formula is C25H29ClN2O7. The number of fused-ring (bicyclic) bond motifs is 1. The Morgan fingerprint density at radius 1 is 1.23 bits per heavy atom. The number of benzene rings is 2. The van der Waals surface area contributed by atoms with Crippen LogP contribution in [0, 0.1) is 0 Å². The lowest BCUT2D eigenvalue weighted by Crippen LogP contribution is -2.49. The number of carbonyl (C=O) groups is 1. The van der Waals surface area contributed by atoms with Crippen molar-refractivity contribution in [3.8, 4) is 17.2 Å². The topological polar surface area (TPSA) is 112 Å². The molecule has 10 heteroatoms. The fourth-order valence-corrected chi connectivity index (χ4v) is 5.11. The van der Waals surface area contributed by atoms with Crippen LogP contribution < -0.4 is 9.47 Å². The van der Waals surface area contributed by atoms with Crippen molar-refractivity contribution in [1.82, 2.24) is 9.96 Å². The molecule has 0 aromatic heterocycles. The number of carbonyl (C=O) groups excluding carboxylic acids is 1. The van der Waals surface area contributed by atoms with E-state index in [4.69, 9.17) is 25.9 Å². The van der Waals surface area contributed by atoms with Crippen LogP contribution in [0.1, 0.15) is 28.8 Å². The summed E-state index contributed by atoms with van der Waals surface area (Å²) in [7, 11) is 0. The summed E-state index contributed by atoms with van der Waals surface area (Å²) in [4.78, 5) is 20.1. The molecular weight excluding hydrogens is 476 g/mol. The predicted molar refractivity (Wildman–Crippen MR) is 127 cm³/mol. The van der Waals surface area contributed by atoms with Gasteiger partial charge in [-0.15, -0.1) is 0 Å². The number of hydroxylamine groups is 2. The number of phenolic OH excluding ortho intramolecular Hbond substituents is 1. The van der Waals surface area contributed by atoms with E-state index in [2.05, 4.69) is 4.90 Å². The molecule has 2 atom stereocenters. The third-order valence-corrected chi connectivity index (χ3v) is 6.99. The van der Waals surface area contributed by atoms with Crippen LogP contribution in [0.4, 0.5) is 0 Å². The number of rotatable bonds is 6. The number of likely N-dealkylation sites (tertiary alicyclic amines) is 1. The molecule has 2 saturated heterocycles. The number of β-amino-alcohol motifs (C(OH)–C–C–N with tert-alkyl or cyclic N) is 2. The van der Waals surface area contributed by atoms with Gasteiger partial charge in [0.05, 0.1) is 12.1 Å². The number of aliphatic hydroxyl groups excluding tert-OH is 2. The Bertz CT molecular complexity index is 1090. The maximum absolute atomic E-state index is 12.7. The molecule has 2 aromatic carbocycles. The average molecular weight is 505 g/mol. The van der Waals surface area contributed by atoms with Gasteiger partial charge >= 0.3 is 0 Å². The average Bonchev–Trinajstić information content (AvgIpc) is 3.42. The Hall–Kier alpha value is -2.56. The van der Waals surface area contributed by atoms with E-state index in [1.165, 1.54) is 18.2 Å². The first kappa shape index (κ1) is 24.1. The third kappa shape index (κ3) is 5.34. The zero-order chi connectivity index (χ0) is 24.6. The van der Waals surface area contributed by atoms with E-state index in [0.29, 0.717) is 11.6 Å².